The Labute approximate surface area is 129 Å². The summed E-state index contributed by atoms with van der Waals surface area (Å²) in [5, 5.41) is 4.32. The van der Waals surface area contributed by atoms with Crippen LogP contribution in [0.3, 0.4) is 0 Å². The molecule has 0 radical (unpaired) electrons. The van der Waals surface area contributed by atoms with E-state index in [0.29, 0.717) is 6.61 Å². The summed E-state index contributed by atoms with van der Waals surface area (Å²) in [4.78, 5) is 7.14. The van der Waals surface area contributed by atoms with Crippen LogP contribution in [0.5, 0.6) is 0 Å². The number of rotatable bonds is 5. The van der Waals surface area contributed by atoms with Crippen LogP contribution >= 0.6 is 12.4 Å². The summed E-state index contributed by atoms with van der Waals surface area (Å²) in [6.07, 6.45) is 7.10. The Morgan fingerprint density at radius 2 is 2.10 bits per heavy atom. The fourth-order valence-corrected chi connectivity index (χ4v) is 1.95. The van der Waals surface area contributed by atoms with Gasteiger partial charge in [-0.05, 0) is 12.5 Å². The van der Waals surface area contributed by atoms with Crippen molar-refractivity contribution in [2.75, 3.05) is 0 Å². The van der Waals surface area contributed by atoms with Gasteiger partial charge in [0, 0.05) is 18.0 Å². The molecule has 0 aliphatic rings. The van der Waals surface area contributed by atoms with Gasteiger partial charge in [-0.1, -0.05) is 30.3 Å². The highest BCUT2D eigenvalue weighted by Crippen LogP contribution is 2.18. The van der Waals surface area contributed by atoms with Crippen molar-refractivity contribution < 1.29 is 4.74 Å². The van der Waals surface area contributed by atoms with Gasteiger partial charge in [-0.25, -0.2) is 9.67 Å². The van der Waals surface area contributed by atoms with Gasteiger partial charge in [0.15, 0.2) is 0 Å². The number of ether oxygens (including phenoxy) is 1. The number of benzene rings is 1. The third-order valence-electron chi connectivity index (χ3n) is 3.10. The zero-order valence-corrected chi connectivity index (χ0v) is 12.5. The summed E-state index contributed by atoms with van der Waals surface area (Å²) in [6, 6.07) is 10.1. The molecule has 0 aliphatic heterocycles. The molecule has 1 N–H and O–H groups in total. The van der Waals surface area contributed by atoms with Crippen molar-refractivity contribution in [2.45, 2.75) is 19.8 Å². The topological polar surface area (TPSA) is 55.7 Å². The molecule has 0 spiro atoms. The quantitative estimate of drug-likeness (QED) is 0.785. The largest absolute Gasteiger partial charge is 0.352 e. The molecular weight excluding hydrogens is 288 g/mol. The minimum atomic E-state index is -0.122. The Hall–Kier alpha value is -2.11. The number of aromatic nitrogens is 4. The van der Waals surface area contributed by atoms with E-state index in [1.54, 1.807) is 17.2 Å². The molecule has 2 heterocycles. The van der Waals surface area contributed by atoms with Gasteiger partial charge < -0.3 is 9.72 Å². The second-order valence-electron chi connectivity index (χ2n) is 4.56. The zero-order chi connectivity index (χ0) is 13.8. The number of halogens is 1. The van der Waals surface area contributed by atoms with Gasteiger partial charge in [0.05, 0.1) is 24.8 Å². The molecule has 0 aliphatic carbocycles. The van der Waals surface area contributed by atoms with E-state index in [4.69, 9.17) is 4.74 Å². The van der Waals surface area contributed by atoms with Crippen molar-refractivity contribution in [3.63, 3.8) is 0 Å². The summed E-state index contributed by atoms with van der Waals surface area (Å²) in [5.74, 6) is 0. The van der Waals surface area contributed by atoms with E-state index < -0.39 is 0 Å². The molecule has 0 saturated heterocycles. The van der Waals surface area contributed by atoms with Crippen molar-refractivity contribution in [1.82, 2.24) is 19.7 Å². The second-order valence-corrected chi connectivity index (χ2v) is 4.56. The van der Waals surface area contributed by atoms with E-state index in [2.05, 4.69) is 15.1 Å². The van der Waals surface area contributed by atoms with E-state index in [9.17, 15) is 0 Å². The van der Waals surface area contributed by atoms with Crippen LogP contribution in [0, 0.1) is 0 Å². The Bertz CT molecular complexity index is 651. The smallest absolute Gasteiger partial charge is 0.147 e. The van der Waals surface area contributed by atoms with E-state index in [-0.39, 0.29) is 18.6 Å². The molecule has 1 atom stereocenters. The number of imidazole rings is 1. The van der Waals surface area contributed by atoms with Crippen LogP contribution in [0.4, 0.5) is 0 Å². The molecule has 2 aromatic heterocycles. The first kappa shape index (κ1) is 15.3. The van der Waals surface area contributed by atoms with E-state index >= 15 is 0 Å². The molecular formula is C15H17ClN4O. The van der Waals surface area contributed by atoms with Crippen molar-refractivity contribution in [1.29, 1.82) is 0 Å². The minimum absolute atomic E-state index is 0. The van der Waals surface area contributed by atoms with Crippen molar-refractivity contribution in [2.24, 2.45) is 0 Å². The summed E-state index contributed by atoms with van der Waals surface area (Å²) in [7, 11) is 0. The lowest BCUT2D eigenvalue weighted by Gasteiger charge is -2.13. The molecule has 0 amide bonds. The summed E-state index contributed by atoms with van der Waals surface area (Å²) < 4.78 is 7.62. The lowest BCUT2D eigenvalue weighted by atomic mass is 10.2. The maximum absolute atomic E-state index is 5.82. The fourth-order valence-electron chi connectivity index (χ4n) is 1.95. The van der Waals surface area contributed by atoms with Crippen molar-refractivity contribution in [3.8, 4) is 11.3 Å². The Kier molecular flexibility index (Phi) is 5.14. The van der Waals surface area contributed by atoms with Crippen molar-refractivity contribution in [3.05, 3.63) is 60.8 Å². The number of H-pyrrole nitrogens is 1. The van der Waals surface area contributed by atoms with E-state index in [1.165, 1.54) is 0 Å². The van der Waals surface area contributed by atoms with Crippen LogP contribution in [0.25, 0.3) is 11.3 Å². The molecule has 0 saturated carbocycles. The van der Waals surface area contributed by atoms with Gasteiger partial charge in [0.2, 0.25) is 0 Å². The Balaban J connectivity index is 0.00000161. The maximum Gasteiger partial charge on any atom is 0.147 e. The minimum Gasteiger partial charge on any atom is -0.352 e. The first-order valence-electron chi connectivity index (χ1n) is 6.52. The lowest BCUT2D eigenvalue weighted by molar-refractivity contribution is -0.00405. The van der Waals surface area contributed by atoms with Crippen LogP contribution in [-0.4, -0.2) is 19.7 Å². The number of nitrogens with one attached hydrogen (secondary N) is 1. The van der Waals surface area contributed by atoms with E-state index in [1.807, 2.05) is 49.6 Å². The van der Waals surface area contributed by atoms with Crippen LogP contribution in [0.1, 0.15) is 18.7 Å². The SMILES string of the molecule is CC(OCc1ccccc1)n1cc(-c2c[nH]cn2)cn1.Cl. The van der Waals surface area contributed by atoms with Gasteiger partial charge in [-0.2, -0.15) is 5.10 Å². The molecule has 3 rings (SSSR count). The van der Waals surface area contributed by atoms with Gasteiger partial charge in [-0.3, -0.25) is 0 Å². The first-order valence-corrected chi connectivity index (χ1v) is 6.52. The summed E-state index contributed by atoms with van der Waals surface area (Å²) in [6.45, 7) is 2.55. The molecule has 110 valence electrons. The number of nitrogens with zero attached hydrogens (tertiary/aromatic N) is 3. The van der Waals surface area contributed by atoms with E-state index in [0.717, 1.165) is 16.8 Å². The highest BCUT2D eigenvalue weighted by Gasteiger charge is 2.09. The predicted octanol–water partition coefficient (Wildman–Crippen LogP) is 3.43. The van der Waals surface area contributed by atoms with Gasteiger partial charge >= 0.3 is 0 Å². The Morgan fingerprint density at radius 1 is 1.29 bits per heavy atom. The summed E-state index contributed by atoms with van der Waals surface area (Å²) in [5.41, 5.74) is 3.01. The number of hydrogen-bond donors (Lipinski definition) is 1. The zero-order valence-electron chi connectivity index (χ0n) is 11.6. The molecule has 1 aromatic carbocycles. The standard InChI is InChI=1S/C15H16N4O.ClH/c1-12(20-10-13-5-3-2-4-6-13)19-9-14(7-18-19)15-8-16-11-17-15;/h2-9,11-12H,10H2,1H3,(H,16,17);1H. The number of aromatic amines is 1. The van der Waals surface area contributed by atoms with Crippen LogP contribution in [-0.2, 0) is 11.3 Å². The third kappa shape index (κ3) is 3.71. The number of hydrogen-bond acceptors (Lipinski definition) is 3. The maximum atomic E-state index is 5.82. The average molecular weight is 305 g/mol. The molecule has 21 heavy (non-hydrogen) atoms. The average Bonchev–Trinajstić information content (AvgIpc) is 3.16. The van der Waals surface area contributed by atoms with Crippen molar-refractivity contribution >= 4 is 12.4 Å². The monoisotopic (exact) mass is 304 g/mol. The van der Waals surface area contributed by atoms with Gasteiger partial charge in [0.1, 0.15) is 6.23 Å². The predicted molar refractivity (Wildman–Crippen MR) is 83.0 cm³/mol. The fraction of sp³-hybridized carbons (Fsp3) is 0.200. The second kappa shape index (κ2) is 7.06. The molecule has 5 nitrogen and oxygen atoms in total. The molecule has 3 aromatic rings. The lowest BCUT2D eigenvalue weighted by Crippen LogP contribution is -2.09. The Morgan fingerprint density at radius 3 is 2.81 bits per heavy atom. The third-order valence-corrected chi connectivity index (χ3v) is 3.10. The highest BCUT2D eigenvalue weighted by molar-refractivity contribution is 5.85. The van der Waals surface area contributed by atoms with Crippen LogP contribution in [0.15, 0.2) is 55.2 Å². The van der Waals surface area contributed by atoms with Crippen LogP contribution in [0.2, 0.25) is 0 Å². The normalized spacial score (nSPS) is 11.9. The molecule has 0 bridgehead atoms. The van der Waals surface area contributed by atoms with Gasteiger partial charge in [-0.15, -0.1) is 12.4 Å². The molecule has 6 heteroatoms. The molecule has 0 fully saturated rings. The van der Waals surface area contributed by atoms with Crippen LogP contribution < -0.4 is 0 Å². The molecule has 1 unspecified atom stereocenters. The highest BCUT2D eigenvalue weighted by atomic mass is 35.5. The first-order chi connectivity index (χ1) is 9.83. The summed E-state index contributed by atoms with van der Waals surface area (Å²) >= 11 is 0. The van der Waals surface area contributed by atoms with Gasteiger partial charge in [0.25, 0.3) is 0 Å².